The number of likely N-dealkylation sites (tertiary alicyclic amines) is 1. The summed E-state index contributed by atoms with van der Waals surface area (Å²) in [5, 5.41) is 9.99. The molecule has 0 amide bonds. The molecule has 0 aromatic heterocycles. The number of hydrogen-bond donors (Lipinski definition) is 0. The maximum Gasteiger partial charge on any atom is 0.0846 e. The van der Waals surface area contributed by atoms with E-state index in [1.165, 1.54) is 11.1 Å². The molecule has 0 bridgehead atoms. The highest BCUT2D eigenvalue weighted by Crippen LogP contribution is 2.39. The molecule has 1 fully saturated rings. The highest BCUT2D eigenvalue weighted by molar-refractivity contribution is 5.35. The molecule has 1 aliphatic heterocycles. The van der Waals surface area contributed by atoms with Crippen molar-refractivity contribution in [3.05, 3.63) is 108 Å². The van der Waals surface area contributed by atoms with E-state index in [0.717, 1.165) is 31.5 Å². The first-order valence-electron chi connectivity index (χ1n) is 9.63. The number of hydrogen-bond acceptors (Lipinski definition) is 2. The van der Waals surface area contributed by atoms with Gasteiger partial charge in [-0.1, -0.05) is 91.0 Å². The Morgan fingerprint density at radius 3 is 1.59 bits per heavy atom. The fraction of sp³-hybridized carbons (Fsp3) is 0.240. The minimum atomic E-state index is -0.365. The second-order valence-electron chi connectivity index (χ2n) is 7.32. The van der Waals surface area contributed by atoms with Crippen molar-refractivity contribution in [3.63, 3.8) is 0 Å². The first-order chi connectivity index (χ1) is 13.3. The summed E-state index contributed by atoms with van der Waals surface area (Å²) in [5.74, 6) is 0. The Balaban J connectivity index is 1.62. The molecule has 134 valence electrons. The number of nitrogens with zero attached hydrogens (tertiary/aromatic N) is 2. The average Bonchev–Trinajstić information content (AvgIpc) is 2.77. The molecular formula is C25H24N2. The maximum atomic E-state index is 9.99. The molecule has 0 saturated carbocycles. The molecular weight excluding hydrogens is 328 g/mol. The normalized spacial score (nSPS) is 16.7. The first-order valence-corrected chi connectivity index (χ1v) is 9.63. The predicted octanol–water partition coefficient (Wildman–Crippen LogP) is 5.33. The van der Waals surface area contributed by atoms with Crippen LogP contribution in [0.25, 0.3) is 0 Å². The van der Waals surface area contributed by atoms with E-state index in [0.29, 0.717) is 0 Å². The van der Waals surface area contributed by atoms with Crippen LogP contribution in [0.15, 0.2) is 91.0 Å². The molecule has 0 N–H and O–H groups in total. The number of nitriles is 1. The van der Waals surface area contributed by atoms with Gasteiger partial charge < -0.3 is 0 Å². The summed E-state index contributed by atoms with van der Waals surface area (Å²) < 4.78 is 0. The summed E-state index contributed by atoms with van der Waals surface area (Å²) in [6.07, 6.45) is 1.73. The van der Waals surface area contributed by atoms with Gasteiger partial charge in [-0.2, -0.15) is 5.26 Å². The van der Waals surface area contributed by atoms with Gasteiger partial charge in [-0.05, 0) is 29.5 Å². The molecule has 1 saturated heterocycles. The van der Waals surface area contributed by atoms with Crippen molar-refractivity contribution in [1.82, 2.24) is 4.90 Å². The largest absolute Gasteiger partial charge is 0.292 e. The Morgan fingerprint density at radius 2 is 1.15 bits per heavy atom. The third-order valence-corrected chi connectivity index (χ3v) is 5.79. The van der Waals surface area contributed by atoms with Crippen molar-refractivity contribution in [3.8, 4) is 6.07 Å². The van der Waals surface area contributed by atoms with E-state index in [4.69, 9.17) is 0 Å². The van der Waals surface area contributed by atoms with Crippen molar-refractivity contribution >= 4 is 0 Å². The van der Waals surface area contributed by atoms with Gasteiger partial charge >= 0.3 is 0 Å². The van der Waals surface area contributed by atoms with Gasteiger partial charge in [0.05, 0.1) is 17.5 Å². The van der Waals surface area contributed by atoms with Crippen molar-refractivity contribution < 1.29 is 0 Å². The van der Waals surface area contributed by atoms with E-state index in [-0.39, 0.29) is 11.5 Å². The highest BCUT2D eigenvalue weighted by atomic mass is 15.2. The Labute approximate surface area is 161 Å². The van der Waals surface area contributed by atoms with Gasteiger partial charge in [0.2, 0.25) is 0 Å². The Kier molecular flexibility index (Phi) is 5.05. The lowest BCUT2D eigenvalue weighted by Crippen LogP contribution is -2.43. The Hall–Kier alpha value is -2.89. The van der Waals surface area contributed by atoms with E-state index in [9.17, 15) is 5.26 Å². The molecule has 1 aliphatic rings. The molecule has 0 spiro atoms. The van der Waals surface area contributed by atoms with Crippen LogP contribution in [0.2, 0.25) is 0 Å². The molecule has 3 aromatic carbocycles. The lowest BCUT2D eigenvalue weighted by Gasteiger charge is -2.41. The summed E-state index contributed by atoms with van der Waals surface area (Å²) in [7, 11) is 0. The molecule has 0 radical (unpaired) electrons. The van der Waals surface area contributed by atoms with E-state index in [1.54, 1.807) is 0 Å². The van der Waals surface area contributed by atoms with Crippen LogP contribution in [0.5, 0.6) is 0 Å². The van der Waals surface area contributed by atoms with Gasteiger partial charge in [0.25, 0.3) is 0 Å². The van der Waals surface area contributed by atoms with E-state index < -0.39 is 0 Å². The van der Waals surface area contributed by atoms with Gasteiger partial charge in [0.1, 0.15) is 0 Å². The highest BCUT2D eigenvalue weighted by Gasteiger charge is 2.38. The first kappa shape index (κ1) is 17.5. The summed E-state index contributed by atoms with van der Waals surface area (Å²) in [5.41, 5.74) is 3.42. The third-order valence-electron chi connectivity index (χ3n) is 5.79. The maximum absolute atomic E-state index is 9.99. The quantitative estimate of drug-likeness (QED) is 0.634. The summed E-state index contributed by atoms with van der Waals surface area (Å²) in [6.45, 7) is 1.83. The van der Waals surface area contributed by atoms with Gasteiger partial charge in [-0.25, -0.2) is 0 Å². The zero-order valence-electron chi connectivity index (χ0n) is 15.5. The van der Waals surface area contributed by atoms with Gasteiger partial charge in [-0.3, -0.25) is 4.90 Å². The van der Waals surface area contributed by atoms with Gasteiger partial charge in [0, 0.05) is 13.1 Å². The molecule has 1 heterocycles. The minimum absolute atomic E-state index is 0.236. The van der Waals surface area contributed by atoms with Crippen molar-refractivity contribution in [1.29, 1.82) is 5.26 Å². The third kappa shape index (κ3) is 3.52. The number of benzene rings is 3. The molecule has 2 nitrogen and oxygen atoms in total. The molecule has 0 aliphatic carbocycles. The van der Waals surface area contributed by atoms with Crippen LogP contribution in [0.3, 0.4) is 0 Å². The molecule has 0 atom stereocenters. The Morgan fingerprint density at radius 1 is 0.704 bits per heavy atom. The van der Waals surface area contributed by atoms with E-state index >= 15 is 0 Å². The SMILES string of the molecule is N#CC1(c2ccccc2)CCN(C(c2ccccc2)c2ccccc2)CC1. The molecule has 27 heavy (non-hydrogen) atoms. The summed E-state index contributed by atoms with van der Waals surface area (Å²) in [4.78, 5) is 2.53. The monoisotopic (exact) mass is 352 g/mol. The fourth-order valence-corrected chi connectivity index (χ4v) is 4.27. The van der Waals surface area contributed by atoms with Crippen LogP contribution in [-0.4, -0.2) is 18.0 Å². The average molecular weight is 352 g/mol. The topological polar surface area (TPSA) is 27.0 Å². The lowest BCUT2D eigenvalue weighted by atomic mass is 9.73. The number of rotatable bonds is 4. The van der Waals surface area contributed by atoms with Crippen LogP contribution in [0.4, 0.5) is 0 Å². The van der Waals surface area contributed by atoms with Crippen LogP contribution in [0, 0.1) is 11.3 Å². The second kappa shape index (κ2) is 7.78. The van der Waals surface area contributed by atoms with E-state index in [1.807, 2.05) is 18.2 Å². The van der Waals surface area contributed by atoms with Crippen molar-refractivity contribution in [2.75, 3.05) is 13.1 Å². The van der Waals surface area contributed by atoms with Gasteiger partial charge in [0.15, 0.2) is 0 Å². The number of piperidine rings is 1. The zero-order valence-corrected chi connectivity index (χ0v) is 15.5. The molecule has 2 heteroatoms. The van der Waals surface area contributed by atoms with Crippen LogP contribution < -0.4 is 0 Å². The van der Waals surface area contributed by atoms with Crippen LogP contribution in [-0.2, 0) is 5.41 Å². The molecule has 0 unspecified atom stereocenters. The standard InChI is InChI=1S/C25H24N2/c26-20-25(23-14-8-3-9-15-23)16-18-27(19-17-25)24(21-10-4-1-5-11-21)22-12-6-2-7-13-22/h1-15,24H,16-19H2. The fourth-order valence-electron chi connectivity index (χ4n) is 4.27. The summed E-state index contributed by atoms with van der Waals surface area (Å²) >= 11 is 0. The van der Waals surface area contributed by atoms with Crippen LogP contribution in [0.1, 0.15) is 35.6 Å². The lowest BCUT2D eigenvalue weighted by molar-refractivity contribution is 0.152. The summed E-state index contributed by atoms with van der Waals surface area (Å²) in [6, 6.07) is 34.6. The molecule has 3 aromatic rings. The molecule has 4 rings (SSSR count). The van der Waals surface area contributed by atoms with E-state index in [2.05, 4.69) is 83.8 Å². The Bertz CT molecular complexity index is 850. The van der Waals surface area contributed by atoms with Gasteiger partial charge in [-0.15, -0.1) is 0 Å². The van der Waals surface area contributed by atoms with Crippen molar-refractivity contribution in [2.24, 2.45) is 0 Å². The minimum Gasteiger partial charge on any atom is -0.292 e. The smallest absolute Gasteiger partial charge is 0.0846 e. The second-order valence-corrected chi connectivity index (χ2v) is 7.32. The van der Waals surface area contributed by atoms with Crippen LogP contribution >= 0.6 is 0 Å². The zero-order chi connectivity index (χ0) is 18.5. The van der Waals surface area contributed by atoms with Crippen molar-refractivity contribution in [2.45, 2.75) is 24.3 Å². The predicted molar refractivity (Wildman–Crippen MR) is 109 cm³/mol.